The molecule has 0 radical (unpaired) electrons. The Balaban J connectivity index is 2.15. The van der Waals surface area contributed by atoms with E-state index in [1.807, 2.05) is 18.2 Å². The van der Waals surface area contributed by atoms with Gasteiger partial charge in [-0.25, -0.2) is 0 Å². The lowest BCUT2D eigenvalue weighted by atomic mass is 10.0. The molecular weight excluding hydrogens is 198 g/mol. The van der Waals surface area contributed by atoms with Crippen LogP contribution in [-0.4, -0.2) is 12.8 Å². The molecule has 84 valence electrons. The molecule has 0 heterocycles. The highest BCUT2D eigenvalue weighted by Gasteiger charge is 2.25. The zero-order chi connectivity index (χ0) is 11.4. The molecule has 0 bridgehead atoms. The molecule has 0 spiro atoms. The van der Waals surface area contributed by atoms with Crippen molar-refractivity contribution in [3.8, 4) is 0 Å². The van der Waals surface area contributed by atoms with Crippen molar-refractivity contribution in [2.75, 3.05) is 12.4 Å². The van der Waals surface area contributed by atoms with Crippen LogP contribution < -0.4 is 5.32 Å². The van der Waals surface area contributed by atoms with Crippen molar-refractivity contribution in [1.82, 2.24) is 0 Å². The first-order chi connectivity index (χ1) is 7.74. The van der Waals surface area contributed by atoms with Gasteiger partial charge in [-0.2, -0.15) is 0 Å². The van der Waals surface area contributed by atoms with E-state index < -0.39 is 5.72 Å². The third-order valence-corrected chi connectivity index (χ3v) is 2.81. The normalized spacial score (nSPS) is 23.4. The van der Waals surface area contributed by atoms with Gasteiger partial charge in [-0.1, -0.05) is 35.9 Å². The average Bonchev–Trinajstić information content (AvgIpc) is 2.33. The smallest absolute Gasteiger partial charge is 0.161 e. The number of allylic oxidation sites excluding steroid dienone is 2. The minimum absolute atomic E-state index is 0.399. The fraction of sp³-hybridized carbons (Fsp3) is 0.286. The van der Waals surface area contributed by atoms with E-state index in [9.17, 15) is 0 Å². The Morgan fingerprint density at radius 2 is 1.94 bits per heavy atom. The number of benzene rings is 1. The van der Waals surface area contributed by atoms with Gasteiger partial charge in [0.25, 0.3) is 0 Å². The van der Waals surface area contributed by atoms with Crippen LogP contribution in [0.25, 0.3) is 0 Å². The summed E-state index contributed by atoms with van der Waals surface area (Å²) in [6.45, 7) is 2.08. The molecule has 0 amide bonds. The molecule has 2 heteroatoms. The van der Waals surface area contributed by atoms with Crippen molar-refractivity contribution in [2.24, 2.45) is 0 Å². The number of methoxy groups -OCH3 is 1. The predicted octanol–water partition coefficient (Wildman–Crippen LogP) is 3.27. The summed E-state index contributed by atoms with van der Waals surface area (Å²) >= 11 is 0. The van der Waals surface area contributed by atoms with E-state index in [0.29, 0.717) is 0 Å². The van der Waals surface area contributed by atoms with E-state index in [0.717, 1.165) is 12.1 Å². The molecule has 1 unspecified atom stereocenters. The highest BCUT2D eigenvalue weighted by atomic mass is 16.5. The van der Waals surface area contributed by atoms with Gasteiger partial charge in [-0.3, -0.25) is 0 Å². The van der Waals surface area contributed by atoms with Crippen LogP contribution in [0.3, 0.4) is 0 Å². The zero-order valence-electron chi connectivity index (χ0n) is 9.73. The Morgan fingerprint density at radius 3 is 2.50 bits per heavy atom. The van der Waals surface area contributed by atoms with Gasteiger partial charge in [0, 0.05) is 19.2 Å². The number of hydrogen-bond acceptors (Lipinski definition) is 2. The number of nitrogens with one attached hydrogen (secondary N) is 1. The Morgan fingerprint density at radius 1 is 1.19 bits per heavy atom. The van der Waals surface area contributed by atoms with E-state index in [1.54, 1.807) is 7.11 Å². The highest BCUT2D eigenvalue weighted by molar-refractivity contribution is 5.48. The van der Waals surface area contributed by atoms with Crippen molar-refractivity contribution in [3.05, 3.63) is 54.1 Å². The van der Waals surface area contributed by atoms with Gasteiger partial charge in [0.15, 0.2) is 5.72 Å². The summed E-state index contributed by atoms with van der Waals surface area (Å²) in [7, 11) is 1.73. The first kappa shape index (κ1) is 11.0. The van der Waals surface area contributed by atoms with Gasteiger partial charge in [0.05, 0.1) is 0 Å². The third-order valence-electron chi connectivity index (χ3n) is 2.81. The van der Waals surface area contributed by atoms with Crippen molar-refractivity contribution in [2.45, 2.75) is 19.1 Å². The summed E-state index contributed by atoms with van der Waals surface area (Å²) in [5.74, 6) is 0. The molecule has 1 aliphatic rings. The summed E-state index contributed by atoms with van der Waals surface area (Å²) < 4.78 is 5.56. The molecule has 1 aromatic carbocycles. The van der Waals surface area contributed by atoms with Gasteiger partial charge in [0.1, 0.15) is 0 Å². The second-order valence-electron chi connectivity index (χ2n) is 4.08. The van der Waals surface area contributed by atoms with Gasteiger partial charge < -0.3 is 10.1 Å². The molecule has 0 saturated heterocycles. The third kappa shape index (κ3) is 2.34. The molecule has 16 heavy (non-hydrogen) atoms. The number of anilines is 1. The molecular formula is C14H17NO. The Bertz CT molecular complexity index is 405. The number of aryl methyl sites for hydroxylation is 1. The molecule has 2 rings (SSSR count). The molecule has 1 aromatic rings. The maximum absolute atomic E-state index is 5.56. The lowest BCUT2D eigenvalue weighted by Crippen LogP contribution is -2.38. The lowest BCUT2D eigenvalue weighted by molar-refractivity contribution is 0.0586. The Hall–Kier alpha value is -1.54. The topological polar surface area (TPSA) is 21.3 Å². The molecule has 1 aliphatic carbocycles. The number of hydrogen-bond donors (Lipinski definition) is 1. The second-order valence-corrected chi connectivity index (χ2v) is 4.08. The SMILES string of the molecule is COC1(Nc2ccc(C)cc2)C=CC=CC1. The summed E-state index contributed by atoms with van der Waals surface area (Å²) in [5, 5.41) is 3.41. The van der Waals surface area contributed by atoms with E-state index in [1.165, 1.54) is 5.56 Å². The number of ether oxygens (including phenoxy) is 1. The quantitative estimate of drug-likeness (QED) is 0.781. The van der Waals surface area contributed by atoms with E-state index in [-0.39, 0.29) is 0 Å². The summed E-state index contributed by atoms with van der Waals surface area (Å²) in [6.07, 6.45) is 9.04. The fourth-order valence-corrected chi connectivity index (χ4v) is 1.78. The fourth-order valence-electron chi connectivity index (χ4n) is 1.78. The maximum atomic E-state index is 5.56. The van der Waals surface area contributed by atoms with Crippen LogP contribution in [0.5, 0.6) is 0 Å². The molecule has 0 saturated carbocycles. The first-order valence-corrected chi connectivity index (χ1v) is 5.48. The van der Waals surface area contributed by atoms with Crippen LogP contribution in [0.1, 0.15) is 12.0 Å². The minimum atomic E-state index is -0.399. The van der Waals surface area contributed by atoms with Gasteiger partial charge in [0.2, 0.25) is 0 Å². The molecule has 0 aromatic heterocycles. The van der Waals surface area contributed by atoms with Crippen LogP contribution in [0.15, 0.2) is 48.6 Å². The predicted molar refractivity (Wildman–Crippen MR) is 67.4 cm³/mol. The Kier molecular flexibility index (Phi) is 3.11. The average molecular weight is 215 g/mol. The van der Waals surface area contributed by atoms with Crippen molar-refractivity contribution in [3.63, 3.8) is 0 Å². The molecule has 1 atom stereocenters. The summed E-state index contributed by atoms with van der Waals surface area (Å²) in [4.78, 5) is 0. The van der Waals surface area contributed by atoms with Crippen LogP contribution in [-0.2, 0) is 4.74 Å². The largest absolute Gasteiger partial charge is 0.355 e. The first-order valence-electron chi connectivity index (χ1n) is 5.48. The van der Waals surface area contributed by atoms with Crippen LogP contribution >= 0.6 is 0 Å². The zero-order valence-corrected chi connectivity index (χ0v) is 9.73. The van der Waals surface area contributed by atoms with Crippen LogP contribution in [0.2, 0.25) is 0 Å². The van der Waals surface area contributed by atoms with E-state index >= 15 is 0 Å². The minimum Gasteiger partial charge on any atom is -0.355 e. The lowest BCUT2D eigenvalue weighted by Gasteiger charge is -2.31. The van der Waals surface area contributed by atoms with Crippen LogP contribution in [0.4, 0.5) is 5.69 Å². The van der Waals surface area contributed by atoms with Crippen LogP contribution in [0, 0.1) is 6.92 Å². The monoisotopic (exact) mass is 215 g/mol. The molecule has 0 fully saturated rings. The molecule has 1 N–H and O–H groups in total. The summed E-state index contributed by atoms with van der Waals surface area (Å²) in [6, 6.07) is 8.33. The second kappa shape index (κ2) is 4.54. The van der Waals surface area contributed by atoms with Gasteiger partial charge in [-0.15, -0.1) is 0 Å². The molecule has 0 aliphatic heterocycles. The number of rotatable bonds is 3. The maximum Gasteiger partial charge on any atom is 0.161 e. The highest BCUT2D eigenvalue weighted by Crippen LogP contribution is 2.24. The van der Waals surface area contributed by atoms with Crippen molar-refractivity contribution < 1.29 is 4.74 Å². The summed E-state index contributed by atoms with van der Waals surface area (Å²) in [5.41, 5.74) is 1.94. The van der Waals surface area contributed by atoms with Crippen molar-refractivity contribution >= 4 is 5.69 Å². The Labute approximate surface area is 96.6 Å². The van der Waals surface area contributed by atoms with Gasteiger partial charge >= 0.3 is 0 Å². The van der Waals surface area contributed by atoms with E-state index in [2.05, 4.69) is 42.6 Å². The van der Waals surface area contributed by atoms with Crippen molar-refractivity contribution in [1.29, 1.82) is 0 Å². The van der Waals surface area contributed by atoms with E-state index in [4.69, 9.17) is 4.74 Å². The van der Waals surface area contributed by atoms with Gasteiger partial charge in [-0.05, 0) is 25.1 Å². The molecule has 2 nitrogen and oxygen atoms in total. The standard InChI is InChI=1S/C14H17NO/c1-12-6-8-13(9-7-12)15-14(16-2)10-4-3-5-11-14/h3-10,15H,11H2,1-2H3.